The molecule has 0 N–H and O–H groups in total. The number of methoxy groups -OCH3 is 1. The van der Waals surface area contributed by atoms with E-state index in [0.717, 1.165) is 29.1 Å². The van der Waals surface area contributed by atoms with Crippen LogP contribution in [0.2, 0.25) is 0 Å². The number of ketones is 1. The lowest BCUT2D eigenvalue weighted by Crippen LogP contribution is -2.37. The van der Waals surface area contributed by atoms with Gasteiger partial charge in [0.15, 0.2) is 0 Å². The van der Waals surface area contributed by atoms with E-state index in [0.29, 0.717) is 12.3 Å². The van der Waals surface area contributed by atoms with E-state index in [1.54, 1.807) is 14.0 Å². The van der Waals surface area contributed by atoms with Gasteiger partial charge in [0.05, 0.1) is 7.11 Å². The van der Waals surface area contributed by atoms with Gasteiger partial charge in [0.1, 0.15) is 11.5 Å². The van der Waals surface area contributed by atoms with Crippen molar-refractivity contribution in [3.8, 4) is 5.75 Å². The molecular weight excluding hydrogens is 322 g/mol. The number of ether oxygens (including phenoxy) is 1. The van der Waals surface area contributed by atoms with E-state index in [4.69, 9.17) is 4.74 Å². The molecule has 0 amide bonds. The zero-order chi connectivity index (χ0) is 18.1. The number of Topliss-reactive ketones (excluding diaryl/α,β-unsaturated/α-hetero) is 1. The number of carbonyl (C=O) groups excluding carboxylic acids is 1. The Morgan fingerprint density at radius 2 is 1.96 bits per heavy atom. The highest BCUT2D eigenvalue weighted by Crippen LogP contribution is 2.48. The van der Waals surface area contributed by atoms with Gasteiger partial charge in [-0.15, -0.1) is 0 Å². The van der Waals surface area contributed by atoms with Crippen molar-refractivity contribution in [1.29, 1.82) is 0 Å². The second kappa shape index (κ2) is 7.72. The van der Waals surface area contributed by atoms with E-state index in [1.807, 2.05) is 6.07 Å². The van der Waals surface area contributed by atoms with Gasteiger partial charge in [-0.2, -0.15) is 0 Å². The Morgan fingerprint density at radius 3 is 2.58 bits per heavy atom. The lowest BCUT2D eigenvalue weighted by molar-refractivity contribution is -0.116. The van der Waals surface area contributed by atoms with Crippen LogP contribution in [0.15, 0.2) is 18.2 Å². The molecule has 2 saturated carbocycles. The van der Waals surface area contributed by atoms with Gasteiger partial charge in [-0.25, -0.2) is 0 Å². The van der Waals surface area contributed by atoms with Crippen LogP contribution in [-0.4, -0.2) is 37.4 Å². The van der Waals surface area contributed by atoms with Crippen LogP contribution in [0.3, 0.4) is 0 Å². The Hall–Kier alpha value is -1.35. The van der Waals surface area contributed by atoms with Gasteiger partial charge in [-0.05, 0) is 93.0 Å². The molecule has 3 fully saturated rings. The summed E-state index contributed by atoms with van der Waals surface area (Å²) in [5, 5.41) is 0. The van der Waals surface area contributed by atoms with Crippen LogP contribution in [-0.2, 0) is 11.2 Å². The number of likely N-dealkylation sites (tertiary alicyclic amines) is 1. The molecule has 1 heterocycles. The summed E-state index contributed by atoms with van der Waals surface area (Å²) >= 11 is 0. The van der Waals surface area contributed by atoms with Gasteiger partial charge in [0, 0.05) is 13.0 Å². The maximum Gasteiger partial charge on any atom is 0.134 e. The third-order valence-electron chi connectivity index (χ3n) is 7.15. The van der Waals surface area contributed by atoms with Crippen LogP contribution in [0.25, 0.3) is 0 Å². The largest absolute Gasteiger partial charge is 0.496 e. The summed E-state index contributed by atoms with van der Waals surface area (Å²) in [4.78, 5) is 14.2. The topological polar surface area (TPSA) is 29.5 Å². The summed E-state index contributed by atoms with van der Waals surface area (Å²) in [6.07, 6.45) is 8.94. The molecule has 1 aromatic carbocycles. The van der Waals surface area contributed by atoms with Gasteiger partial charge in [0.2, 0.25) is 0 Å². The predicted octanol–water partition coefficient (Wildman–Crippen LogP) is 4.44. The summed E-state index contributed by atoms with van der Waals surface area (Å²) < 4.78 is 5.63. The van der Waals surface area contributed by atoms with Gasteiger partial charge >= 0.3 is 0 Å². The lowest BCUT2D eigenvalue weighted by atomic mass is 9.85. The Labute approximate surface area is 158 Å². The minimum absolute atomic E-state index is 0.224. The van der Waals surface area contributed by atoms with Crippen molar-refractivity contribution in [3.05, 3.63) is 29.3 Å². The minimum Gasteiger partial charge on any atom is -0.496 e. The molecule has 2 bridgehead atoms. The lowest BCUT2D eigenvalue weighted by Gasteiger charge is -2.36. The molecule has 0 spiro atoms. The fourth-order valence-electron chi connectivity index (χ4n) is 5.86. The van der Waals surface area contributed by atoms with Gasteiger partial charge in [-0.3, -0.25) is 4.79 Å². The van der Waals surface area contributed by atoms with Crippen molar-refractivity contribution in [2.24, 2.45) is 17.8 Å². The van der Waals surface area contributed by atoms with Crippen molar-refractivity contribution in [3.63, 3.8) is 0 Å². The first-order valence-corrected chi connectivity index (χ1v) is 10.5. The van der Waals surface area contributed by atoms with Crippen LogP contribution < -0.4 is 4.74 Å². The quantitative estimate of drug-likeness (QED) is 0.755. The smallest absolute Gasteiger partial charge is 0.134 e. The van der Waals surface area contributed by atoms with Crippen molar-refractivity contribution in [1.82, 2.24) is 4.90 Å². The number of hydrogen-bond donors (Lipinski definition) is 0. The third-order valence-corrected chi connectivity index (χ3v) is 7.15. The number of nitrogens with zero attached hydrogens (tertiary/aromatic N) is 1. The minimum atomic E-state index is 0.224. The van der Waals surface area contributed by atoms with Crippen LogP contribution in [0, 0.1) is 17.8 Å². The van der Waals surface area contributed by atoms with Crippen LogP contribution >= 0.6 is 0 Å². The fourth-order valence-corrected chi connectivity index (χ4v) is 5.86. The third kappa shape index (κ3) is 3.83. The normalized spacial score (nSPS) is 29.2. The van der Waals surface area contributed by atoms with Gasteiger partial charge in [-0.1, -0.05) is 18.6 Å². The van der Waals surface area contributed by atoms with Gasteiger partial charge < -0.3 is 9.64 Å². The molecule has 2 aliphatic carbocycles. The number of fused-ring (bicyclic) bond motifs is 2. The maximum atomic E-state index is 11.5. The highest BCUT2D eigenvalue weighted by atomic mass is 16.5. The SMILES string of the molecule is COc1ccc(CC(C)=O)cc1C1CCN(CC2C[C@H]3CC[C@H]2C3)CC1. The summed E-state index contributed by atoms with van der Waals surface area (Å²) in [5.41, 5.74) is 2.43. The van der Waals surface area contributed by atoms with E-state index >= 15 is 0 Å². The molecule has 142 valence electrons. The molecule has 3 heteroatoms. The van der Waals surface area contributed by atoms with E-state index in [2.05, 4.69) is 17.0 Å². The Morgan fingerprint density at radius 1 is 1.15 bits per heavy atom. The summed E-state index contributed by atoms with van der Waals surface area (Å²) in [6.45, 7) is 5.41. The molecule has 0 aromatic heterocycles. The molecule has 0 radical (unpaired) electrons. The summed E-state index contributed by atoms with van der Waals surface area (Å²) in [6, 6.07) is 6.31. The molecule has 26 heavy (non-hydrogen) atoms. The zero-order valence-electron chi connectivity index (χ0n) is 16.4. The molecule has 3 aliphatic rings. The predicted molar refractivity (Wildman–Crippen MR) is 105 cm³/mol. The zero-order valence-corrected chi connectivity index (χ0v) is 16.4. The maximum absolute atomic E-state index is 11.5. The highest BCUT2D eigenvalue weighted by molar-refractivity contribution is 5.78. The highest BCUT2D eigenvalue weighted by Gasteiger charge is 2.40. The van der Waals surface area contributed by atoms with E-state index in [-0.39, 0.29) is 5.78 Å². The number of carbonyl (C=O) groups is 1. The first-order chi connectivity index (χ1) is 12.6. The molecule has 3 atom stereocenters. The molecular formula is C23H33NO2. The average Bonchev–Trinajstić information content (AvgIpc) is 3.25. The second-order valence-electron chi connectivity index (χ2n) is 8.96. The van der Waals surface area contributed by atoms with Crippen LogP contribution in [0.5, 0.6) is 5.75 Å². The number of rotatable bonds is 6. The van der Waals surface area contributed by atoms with Crippen molar-refractivity contribution >= 4 is 5.78 Å². The Balaban J connectivity index is 1.37. The molecule has 3 nitrogen and oxygen atoms in total. The van der Waals surface area contributed by atoms with Crippen LogP contribution in [0.4, 0.5) is 0 Å². The summed E-state index contributed by atoms with van der Waals surface area (Å²) in [7, 11) is 1.76. The molecule has 1 unspecified atom stereocenters. The number of hydrogen-bond acceptors (Lipinski definition) is 3. The molecule has 1 aliphatic heterocycles. The monoisotopic (exact) mass is 355 g/mol. The first kappa shape index (κ1) is 18.0. The second-order valence-corrected chi connectivity index (χ2v) is 8.96. The molecule has 1 aromatic rings. The standard InChI is InChI=1S/C23H33NO2/c1-16(25)11-17-4-6-23(26-2)22(14-17)19-7-9-24(10-8-19)15-21-13-18-3-5-20(21)12-18/h4,6,14,18-21H,3,5,7-13,15H2,1-2H3/t18-,20-,21?/m0/s1. The Bertz CT molecular complexity index is 648. The van der Waals surface area contributed by atoms with E-state index in [9.17, 15) is 4.79 Å². The Kier molecular flexibility index (Phi) is 5.35. The first-order valence-electron chi connectivity index (χ1n) is 10.5. The fraction of sp³-hybridized carbons (Fsp3) is 0.696. The van der Waals surface area contributed by atoms with E-state index in [1.165, 1.54) is 63.7 Å². The van der Waals surface area contributed by atoms with Crippen molar-refractivity contribution in [2.45, 2.75) is 57.8 Å². The number of piperidine rings is 1. The molecule has 4 rings (SSSR count). The van der Waals surface area contributed by atoms with E-state index < -0.39 is 0 Å². The van der Waals surface area contributed by atoms with Crippen molar-refractivity contribution < 1.29 is 9.53 Å². The summed E-state index contributed by atoms with van der Waals surface area (Å²) in [5.74, 6) is 4.83. The average molecular weight is 356 g/mol. The number of benzene rings is 1. The van der Waals surface area contributed by atoms with Crippen LogP contribution in [0.1, 0.15) is 62.5 Å². The van der Waals surface area contributed by atoms with Gasteiger partial charge in [0.25, 0.3) is 0 Å². The molecule has 1 saturated heterocycles. The van der Waals surface area contributed by atoms with Crippen molar-refractivity contribution in [2.75, 3.05) is 26.7 Å².